The number of carbonyl (C=O) groups is 2. The van der Waals surface area contributed by atoms with Gasteiger partial charge in [0, 0.05) is 6.54 Å². The zero-order valence-corrected chi connectivity index (χ0v) is 11.1. The first-order valence-corrected chi connectivity index (χ1v) is 6.94. The molecule has 1 amide bonds. The largest absolute Gasteiger partial charge is 0.476 e. The Labute approximate surface area is 116 Å². The summed E-state index contributed by atoms with van der Waals surface area (Å²) >= 11 is 0. The summed E-state index contributed by atoms with van der Waals surface area (Å²) in [5.74, 6) is -0.648. The maximum atomic E-state index is 12.0. The van der Waals surface area contributed by atoms with Crippen LogP contribution < -0.4 is 5.32 Å². The molecule has 3 rings (SSSR count). The van der Waals surface area contributed by atoms with Crippen LogP contribution in [-0.2, 0) is 0 Å². The molecule has 1 aromatic heterocycles. The second-order valence-electron chi connectivity index (χ2n) is 5.76. The standard InChI is InChI=1S/C14H17N3O3/c18-12(10-6-16-11(7-15-10)13(19)20)17-8-14(4-1-5-14)9-2-3-9/h6-7,9H,1-5,8H2,(H,17,18)(H,19,20). The third kappa shape index (κ3) is 2.37. The molecule has 0 radical (unpaired) electrons. The van der Waals surface area contributed by atoms with Crippen molar-refractivity contribution in [1.82, 2.24) is 15.3 Å². The van der Waals surface area contributed by atoms with Gasteiger partial charge in [-0.25, -0.2) is 14.8 Å². The first-order valence-electron chi connectivity index (χ1n) is 6.94. The summed E-state index contributed by atoms with van der Waals surface area (Å²) in [6, 6.07) is 0. The molecular weight excluding hydrogens is 258 g/mol. The van der Waals surface area contributed by atoms with Crippen molar-refractivity contribution < 1.29 is 14.7 Å². The molecule has 2 N–H and O–H groups in total. The molecule has 0 atom stereocenters. The van der Waals surface area contributed by atoms with Crippen LogP contribution in [0.15, 0.2) is 12.4 Å². The summed E-state index contributed by atoms with van der Waals surface area (Å²) in [5.41, 5.74) is 0.319. The van der Waals surface area contributed by atoms with E-state index in [9.17, 15) is 9.59 Å². The first kappa shape index (κ1) is 13.0. The van der Waals surface area contributed by atoms with Crippen molar-refractivity contribution in [2.75, 3.05) is 6.54 Å². The van der Waals surface area contributed by atoms with Gasteiger partial charge in [0.05, 0.1) is 12.4 Å². The highest BCUT2D eigenvalue weighted by Gasteiger charge is 2.48. The van der Waals surface area contributed by atoms with E-state index in [1.54, 1.807) is 0 Å². The molecule has 0 saturated heterocycles. The van der Waals surface area contributed by atoms with Crippen LogP contribution in [0.5, 0.6) is 0 Å². The Balaban J connectivity index is 1.60. The van der Waals surface area contributed by atoms with E-state index in [1.165, 1.54) is 38.3 Å². The quantitative estimate of drug-likeness (QED) is 0.849. The van der Waals surface area contributed by atoms with Gasteiger partial charge in [0.1, 0.15) is 5.69 Å². The lowest BCUT2D eigenvalue weighted by atomic mass is 9.65. The number of nitrogens with one attached hydrogen (secondary N) is 1. The summed E-state index contributed by atoms with van der Waals surface area (Å²) < 4.78 is 0. The van der Waals surface area contributed by atoms with Crippen molar-refractivity contribution in [2.24, 2.45) is 11.3 Å². The monoisotopic (exact) mass is 275 g/mol. The predicted molar refractivity (Wildman–Crippen MR) is 70.3 cm³/mol. The van der Waals surface area contributed by atoms with E-state index in [1.807, 2.05) is 0 Å². The fourth-order valence-electron chi connectivity index (χ4n) is 2.96. The van der Waals surface area contributed by atoms with Crippen LogP contribution in [0, 0.1) is 11.3 Å². The molecule has 106 valence electrons. The predicted octanol–water partition coefficient (Wildman–Crippen LogP) is 1.48. The third-order valence-electron chi connectivity index (χ3n) is 4.50. The molecule has 0 bridgehead atoms. The van der Waals surface area contributed by atoms with Crippen LogP contribution in [0.2, 0.25) is 0 Å². The van der Waals surface area contributed by atoms with Crippen LogP contribution in [0.1, 0.15) is 53.1 Å². The van der Waals surface area contributed by atoms with Crippen molar-refractivity contribution in [2.45, 2.75) is 32.1 Å². The number of nitrogens with zero attached hydrogens (tertiary/aromatic N) is 2. The van der Waals surface area contributed by atoms with Gasteiger partial charge in [0.15, 0.2) is 5.69 Å². The summed E-state index contributed by atoms with van der Waals surface area (Å²) in [4.78, 5) is 30.2. The Morgan fingerprint density at radius 2 is 1.90 bits per heavy atom. The molecule has 0 aliphatic heterocycles. The van der Waals surface area contributed by atoms with Crippen molar-refractivity contribution in [1.29, 1.82) is 0 Å². The maximum Gasteiger partial charge on any atom is 0.356 e. The van der Waals surface area contributed by atoms with E-state index in [0.717, 1.165) is 12.1 Å². The minimum Gasteiger partial charge on any atom is -0.476 e. The molecule has 2 fully saturated rings. The molecular formula is C14H17N3O3. The highest BCUT2D eigenvalue weighted by Crippen LogP contribution is 2.56. The molecule has 2 aliphatic rings. The van der Waals surface area contributed by atoms with Gasteiger partial charge < -0.3 is 10.4 Å². The van der Waals surface area contributed by atoms with Gasteiger partial charge in [-0.2, -0.15) is 0 Å². The number of hydrogen-bond donors (Lipinski definition) is 2. The van der Waals surface area contributed by atoms with E-state index in [2.05, 4.69) is 15.3 Å². The topological polar surface area (TPSA) is 92.2 Å². The molecule has 1 aromatic rings. The molecule has 2 saturated carbocycles. The van der Waals surface area contributed by atoms with E-state index < -0.39 is 5.97 Å². The van der Waals surface area contributed by atoms with Gasteiger partial charge in [-0.15, -0.1) is 0 Å². The molecule has 20 heavy (non-hydrogen) atoms. The van der Waals surface area contributed by atoms with Crippen LogP contribution in [0.25, 0.3) is 0 Å². The molecule has 6 nitrogen and oxygen atoms in total. The summed E-state index contributed by atoms with van der Waals surface area (Å²) in [5, 5.41) is 11.7. The normalized spacial score (nSPS) is 20.0. The van der Waals surface area contributed by atoms with E-state index >= 15 is 0 Å². The van der Waals surface area contributed by atoms with Crippen LogP contribution in [0.4, 0.5) is 0 Å². The second kappa shape index (κ2) is 4.85. The Hall–Kier alpha value is -1.98. The molecule has 2 aliphatic carbocycles. The molecule has 0 aromatic carbocycles. The lowest BCUT2D eigenvalue weighted by molar-refractivity contribution is 0.0688. The maximum absolute atomic E-state index is 12.0. The van der Waals surface area contributed by atoms with Crippen molar-refractivity contribution >= 4 is 11.9 Å². The van der Waals surface area contributed by atoms with Crippen LogP contribution in [0.3, 0.4) is 0 Å². The Morgan fingerprint density at radius 3 is 2.35 bits per heavy atom. The number of amides is 1. The number of carbonyl (C=O) groups excluding carboxylic acids is 1. The Kier molecular flexibility index (Phi) is 3.16. The van der Waals surface area contributed by atoms with Crippen molar-refractivity contribution in [3.8, 4) is 0 Å². The number of aromatic carboxylic acids is 1. The Bertz CT molecular complexity index is 533. The van der Waals surface area contributed by atoms with Gasteiger partial charge >= 0.3 is 5.97 Å². The van der Waals surface area contributed by atoms with Gasteiger partial charge in [0.25, 0.3) is 5.91 Å². The summed E-state index contributed by atoms with van der Waals surface area (Å²) in [7, 11) is 0. The van der Waals surface area contributed by atoms with E-state index in [0.29, 0.717) is 12.0 Å². The lowest BCUT2D eigenvalue weighted by Crippen LogP contribution is -2.43. The summed E-state index contributed by atoms with van der Waals surface area (Å²) in [6.07, 6.45) is 8.52. The van der Waals surface area contributed by atoms with Crippen LogP contribution >= 0.6 is 0 Å². The number of hydrogen-bond acceptors (Lipinski definition) is 4. The number of aromatic nitrogens is 2. The highest BCUT2D eigenvalue weighted by molar-refractivity contribution is 5.92. The number of carboxylic acid groups (broad SMARTS) is 1. The molecule has 6 heteroatoms. The average Bonchev–Trinajstić information content (AvgIpc) is 3.22. The summed E-state index contributed by atoms with van der Waals surface area (Å²) in [6.45, 7) is 0.693. The highest BCUT2D eigenvalue weighted by atomic mass is 16.4. The fourth-order valence-corrected chi connectivity index (χ4v) is 2.96. The zero-order valence-electron chi connectivity index (χ0n) is 11.1. The fraction of sp³-hybridized carbons (Fsp3) is 0.571. The first-order chi connectivity index (χ1) is 9.61. The Morgan fingerprint density at radius 1 is 1.25 bits per heavy atom. The minimum absolute atomic E-state index is 0.157. The van der Waals surface area contributed by atoms with Gasteiger partial charge in [0.2, 0.25) is 0 Å². The van der Waals surface area contributed by atoms with Crippen molar-refractivity contribution in [3.63, 3.8) is 0 Å². The van der Waals surface area contributed by atoms with Crippen LogP contribution in [-0.4, -0.2) is 33.5 Å². The molecule has 1 heterocycles. The number of rotatable bonds is 5. The zero-order chi connectivity index (χ0) is 14.2. The van der Waals surface area contributed by atoms with Gasteiger partial charge in [-0.05, 0) is 37.0 Å². The third-order valence-corrected chi connectivity index (χ3v) is 4.50. The number of carboxylic acids is 1. The van der Waals surface area contributed by atoms with E-state index in [4.69, 9.17) is 5.11 Å². The second-order valence-corrected chi connectivity index (χ2v) is 5.76. The van der Waals surface area contributed by atoms with Gasteiger partial charge in [-0.3, -0.25) is 4.79 Å². The molecule has 0 spiro atoms. The minimum atomic E-state index is -1.15. The van der Waals surface area contributed by atoms with Crippen molar-refractivity contribution in [3.05, 3.63) is 23.8 Å². The molecule has 0 unspecified atom stereocenters. The SMILES string of the molecule is O=C(O)c1cnc(C(=O)NCC2(C3CC3)CCC2)cn1. The smallest absolute Gasteiger partial charge is 0.356 e. The van der Waals surface area contributed by atoms with E-state index in [-0.39, 0.29) is 17.3 Å². The lowest BCUT2D eigenvalue weighted by Gasteiger charge is -2.42. The van der Waals surface area contributed by atoms with Gasteiger partial charge in [-0.1, -0.05) is 6.42 Å². The average molecular weight is 275 g/mol.